The highest BCUT2D eigenvalue weighted by molar-refractivity contribution is 7.99. The second-order valence-corrected chi connectivity index (χ2v) is 9.64. The van der Waals surface area contributed by atoms with Crippen LogP contribution in [0.25, 0.3) is 0 Å². The predicted octanol–water partition coefficient (Wildman–Crippen LogP) is 5.65. The highest BCUT2D eigenvalue weighted by atomic mass is 32.2. The van der Waals surface area contributed by atoms with Gasteiger partial charge in [0.15, 0.2) is 17.3 Å². The van der Waals surface area contributed by atoms with Crippen molar-refractivity contribution < 1.29 is 15.0 Å². The van der Waals surface area contributed by atoms with E-state index in [4.69, 9.17) is 4.98 Å². The van der Waals surface area contributed by atoms with E-state index in [0.29, 0.717) is 24.3 Å². The standard InChI is InChI=1S/C25H36N2O3S/c1-18(2)21-12-11-20(22(28)13-9-19-10-14-23(29)24(30)17-19)25(26-21)31-16-8-6-5-7-15-27(3)4/h10-12,14,17-18,29-30H,5-9,13,15-16H2,1-4H3. The van der Waals surface area contributed by atoms with Gasteiger partial charge < -0.3 is 15.1 Å². The highest BCUT2D eigenvalue weighted by Gasteiger charge is 2.16. The van der Waals surface area contributed by atoms with Gasteiger partial charge in [-0.25, -0.2) is 4.98 Å². The van der Waals surface area contributed by atoms with Crippen molar-refractivity contribution in [3.8, 4) is 11.5 Å². The Kier molecular flexibility index (Phi) is 10.3. The lowest BCUT2D eigenvalue weighted by atomic mass is 10.0. The van der Waals surface area contributed by atoms with Gasteiger partial charge in [0.05, 0.1) is 0 Å². The summed E-state index contributed by atoms with van der Waals surface area (Å²) in [5.41, 5.74) is 2.51. The van der Waals surface area contributed by atoms with Gasteiger partial charge in [0.1, 0.15) is 5.03 Å². The van der Waals surface area contributed by atoms with Gasteiger partial charge in [-0.2, -0.15) is 0 Å². The Balaban J connectivity index is 1.97. The number of nitrogens with zero attached hydrogens (tertiary/aromatic N) is 2. The second kappa shape index (κ2) is 12.7. The molecule has 5 nitrogen and oxygen atoms in total. The van der Waals surface area contributed by atoms with Crippen molar-refractivity contribution in [2.24, 2.45) is 0 Å². The molecule has 2 N–H and O–H groups in total. The summed E-state index contributed by atoms with van der Waals surface area (Å²) in [5, 5.41) is 19.9. The molecule has 0 fully saturated rings. The van der Waals surface area contributed by atoms with Crippen LogP contribution in [-0.2, 0) is 6.42 Å². The Morgan fingerprint density at radius 3 is 2.45 bits per heavy atom. The molecule has 0 aliphatic carbocycles. The Hall–Kier alpha value is -2.05. The monoisotopic (exact) mass is 444 g/mol. The van der Waals surface area contributed by atoms with Crippen molar-refractivity contribution in [3.63, 3.8) is 0 Å². The van der Waals surface area contributed by atoms with Gasteiger partial charge in [0.2, 0.25) is 0 Å². The summed E-state index contributed by atoms with van der Waals surface area (Å²) in [7, 11) is 4.21. The number of unbranched alkanes of at least 4 members (excludes halogenated alkanes) is 3. The van der Waals surface area contributed by atoms with E-state index in [1.54, 1.807) is 17.8 Å². The van der Waals surface area contributed by atoms with E-state index in [1.165, 1.54) is 31.4 Å². The number of carbonyl (C=O) groups is 1. The van der Waals surface area contributed by atoms with Crippen LogP contribution >= 0.6 is 11.8 Å². The zero-order chi connectivity index (χ0) is 22.8. The summed E-state index contributed by atoms with van der Waals surface area (Å²) in [4.78, 5) is 19.9. The van der Waals surface area contributed by atoms with E-state index in [0.717, 1.165) is 35.0 Å². The van der Waals surface area contributed by atoms with Crippen molar-refractivity contribution in [3.05, 3.63) is 47.2 Å². The number of benzene rings is 1. The lowest BCUT2D eigenvalue weighted by Gasteiger charge is -2.12. The molecule has 1 aromatic carbocycles. The maximum Gasteiger partial charge on any atom is 0.165 e. The molecule has 0 unspecified atom stereocenters. The molecule has 0 bridgehead atoms. The van der Waals surface area contributed by atoms with E-state index in [2.05, 4.69) is 32.8 Å². The first kappa shape index (κ1) is 25.2. The first-order chi connectivity index (χ1) is 14.8. The van der Waals surface area contributed by atoms with Crippen molar-refractivity contribution in [2.45, 2.75) is 63.3 Å². The Labute approximate surface area is 190 Å². The molecule has 0 saturated carbocycles. The van der Waals surface area contributed by atoms with Gasteiger partial charge in [-0.15, -0.1) is 11.8 Å². The highest BCUT2D eigenvalue weighted by Crippen LogP contribution is 2.28. The molecule has 0 amide bonds. The smallest absolute Gasteiger partial charge is 0.165 e. The number of phenolic OH excluding ortho intramolecular Hbond substituents is 2. The minimum absolute atomic E-state index is 0.0591. The average molecular weight is 445 g/mol. The first-order valence-corrected chi connectivity index (χ1v) is 12.1. The number of aryl methyl sites for hydroxylation is 1. The van der Waals surface area contributed by atoms with E-state index in [9.17, 15) is 15.0 Å². The van der Waals surface area contributed by atoms with Gasteiger partial charge in [0, 0.05) is 17.7 Å². The maximum absolute atomic E-state index is 12.9. The van der Waals surface area contributed by atoms with Gasteiger partial charge in [-0.05, 0) is 81.4 Å². The fraction of sp³-hybridized carbons (Fsp3) is 0.520. The average Bonchev–Trinajstić information content (AvgIpc) is 2.73. The molecule has 0 saturated heterocycles. The lowest BCUT2D eigenvalue weighted by Crippen LogP contribution is -2.12. The third kappa shape index (κ3) is 8.54. The Morgan fingerprint density at radius 1 is 1.03 bits per heavy atom. The second-order valence-electron chi connectivity index (χ2n) is 8.56. The number of aromatic hydroxyl groups is 2. The molecule has 0 spiro atoms. The Bertz CT molecular complexity index is 853. The van der Waals surface area contributed by atoms with Crippen LogP contribution in [0.4, 0.5) is 0 Å². The third-order valence-electron chi connectivity index (χ3n) is 5.19. The van der Waals surface area contributed by atoms with Crippen LogP contribution in [0, 0.1) is 0 Å². The van der Waals surface area contributed by atoms with Crippen molar-refractivity contribution in [1.82, 2.24) is 9.88 Å². The van der Waals surface area contributed by atoms with E-state index in [1.807, 2.05) is 12.1 Å². The van der Waals surface area contributed by atoms with Crippen molar-refractivity contribution in [1.29, 1.82) is 0 Å². The summed E-state index contributed by atoms with van der Waals surface area (Å²) < 4.78 is 0. The zero-order valence-corrected chi connectivity index (χ0v) is 20.0. The molecule has 0 radical (unpaired) electrons. The quantitative estimate of drug-likeness (QED) is 0.180. The molecular formula is C25H36N2O3S. The first-order valence-electron chi connectivity index (χ1n) is 11.1. The van der Waals surface area contributed by atoms with Gasteiger partial charge in [-0.3, -0.25) is 4.79 Å². The normalized spacial score (nSPS) is 11.4. The van der Waals surface area contributed by atoms with Gasteiger partial charge >= 0.3 is 0 Å². The van der Waals surface area contributed by atoms with E-state index in [-0.39, 0.29) is 17.3 Å². The molecule has 0 aliphatic heterocycles. The topological polar surface area (TPSA) is 73.7 Å². The number of aromatic nitrogens is 1. The molecule has 1 aromatic heterocycles. The third-order valence-corrected chi connectivity index (χ3v) is 6.27. The van der Waals surface area contributed by atoms with Crippen LogP contribution in [0.5, 0.6) is 11.5 Å². The molecule has 0 atom stereocenters. The predicted molar refractivity (Wildman–Crippen MR) is 128 cm³/mol. The number of thioether (sulfide) groups is 1. The summed E-state index contributed by atoms with van der Waals surface area (Å²) in [6.07, 6.45) is 5.60. The molecule has 31 heavy (non-hydrogen) atoms. The molecule has 2 aromatic rings. The van der Waals surface area contributed by atoms with Crippen LogP contribution in [-0.4, -0.2) is 52.3 Å². The summed E-state index contributed by atoms with van der Waals surface area (Å²) >= 11 is 1.68. The number of phenols is 2. The van der Waals surface area contributed by atoms with Crippen LogP contribution in [0.3, 0.4) is 0 Å². The Morgan fingerprint density at radius 2 is 1.77 bits per heavy atom. The number of Topliss-reactive ketones (excluding diaryl/α,β-unsaturated/α-hetero) is 1. The van der Waals surface area contributed by atoms with E-state index >= 15 is 0 Å². The number of ketones is 1. The van der Waals surface area contributed by atoms with Gasteiger partial charge in [-0.1, -0.05) is 32.8 Å². The maximum atomic E-state index is 12.9. The van der Waals surface area contributed by atoms with Gasteiger partial charge in [0.25, 0.3) is 0 Å². The number of rotatable bonds is 13. The lowest BCUT2D eigenvalue weighted by molar-refractivity contribution is 0.0979. The van der Waals surface area contributed by atoms with Crippen LogP contribution in [0.1, 0.15) is 73.5 Å². The zero-order valence-electron chi connectivity index (χ0n) is 19.2. The number of pyridine rings is 1. The fourth-order valence-corrected chi connectivity index (χ4v) is 4.32. The molecule has 0 aliphatic rings. The fourth-order valence-electron chi connectivity index (χ4n) is 3.27. The molecule has 1 heterocycles. The van der Waals surface area contributed by atoms with Crippen LogP contribution < -0.4 is 0 Å². The largest absolute Gasteiger partial charge is 0.504 e. The van der Waals surface area contributed by atoms with Crippen molar-refractivity contribution >= 4 is 17.5 Å². The summed E-state index contributed by atoms with van der Waals surface area (Å²) in [6.45, 7) is 5.35. The summed E-state index contributed by atoms with van der Waals surface area (Å²) in [6, 6.07) is 8.56. The molecule has 6 heteroatoms. The SMILES string of the molecule is CC(C)c1ccc(C(=O)CCc2ccc(O)c(O)c2)c(SCCCCCCN(C)C)n1. The minimum atomic E-state index is -0.158. The van der Waals surface area contributed by atoms with Crippen LogP contribution in [0.2, 0.25) is 0 Å². The number of hydrogen-bond acceptors (Lipinski definition) is 6. The number of hydrogen-bond donors (Lipinski definition) is 2. The molecule has 170 valence electrons. The molecule has 2 rings (SSSR count). The minimum Gasteiger partial charge on any atom is -0.504 e. The summed E-state index contributed by atoms with van der Waals surface area (Å²) in [5.74, 6) is 1.03. The van der Waals surface area contributed by atoms with Crippen LogP contribution in [0.15, 0.2) is 35.4 Å². The number of carbonyl (C=O) groups excluding carboxylic acids is 1. The molecular weight excluding hydrogens is 408 g/mol. The van der Waals surface area contributed by atoms with E-state index < -0.39 is 0 Å². The van der Waals surface area contributed by atoms with Crippen molar-refractivity contribution in [2.75, 3.05) is 26.4 Å².